The largest absolute Gasteiger partial charge is 0.326 e. The fraction of sp³-hybridized carbons (Fsp3) is 0.211. The Balaban J connectivity index is 1.51. The number of rotatable bonds is 5. The van der Waals surface area contributed by atoms with E-state index in [0.29, 0.717) is 6.54 Å². The molecule has 0 spiro atoms. The predicted octanol–water partition coefficient (Wildman–Crippen LogP) is 3.04. The number of hydrogen-bond acceptors (Lipinski definition) is 3. The number of nitrogens with one attached hydrogen (secondary N) is 1. The summed E-state index contributed by atoms with van der Waals surface area (Å²) < 4.78 is 0. The van der Waals surface area contributed by atoms with E-state index >= 15 is 0 Å². The summed E-state index contributed by atoms with van der Waals surface area (Å²) in [5, 5.41) is 8.64. The first-order valence-electron chi connectivity index (χ1n) is 8.00. The van der Waals surface area contributed by atoms with Gasteiger partial charge < -0.3 is 5.32 Å². The molecule has 24 heavy (non-hydrogen) atoms. The Morgan fingerprint density at radius 2 is 1.62 bits per heavy atom. The van der Waals surface area contributed by atoms with Crippen molar-refractivity contribution >= 4 is 23.2 Å². The molecule has 0 unspecified atom stereocenters. The van der Waals surface area contributed by atoms with Crippen LogP contribution < -0.4 is 5.32 Å². The third-order valence-electron chi connectivity index (χ3n) is 3.82. The molecule has 2 amide bonds. The van der Waals surface area contributed by atoms with E-state index in [9.17, 15) is 9.59 Å². The first kappa shape index (κ1) is 15.9. The molecule has 2 aromatic carbocycles. The summed E-state index contributed by atoms with van der Waals surface area (Å²) in [6, 6.07) is 19.1. The second-order valence-electron chi connectivity index (χ2n) is 5.59. The molecule has 1 heterocycles. The molecule has 5 heteroatoms. The predicted molar refractivity (Wildman–Crippen MR) is 93.6 cm³/mol. The van der Waals surface area contributed by atoms with Gasteiger partial charge in [0.25, 0.3) is 0 Å². The normalized spacial score (nSPS) is 13.5. The van der Waals surface area contributed by atoms with Gasteiger partial charge in [-0.15, -0.1) is 0 Å². The minimum atomic E-state index is -0.166. The lowest BCUT2D eigenvalue weighted by Crippen LogP contribution is -2.24. The third-order valence-corrected chi connectivity index (χ3v) is 3.82. The van der Waals surface area contributed by atoms with Gasteiger partial charge >= 0.3 is 0 Å². The van der Waals surface area contributed by atoms with E-state index in [2.05, 4.69) is 10.4 Å². The summed E-state index contributed by atoms with van der Waals surface area (Å²) in [4.78, 5) is 24.1. The van der Waals surface area contributed by atoms with Gasteiger partial charge in [0.2, 0.25) is 11.8 Å². The molecule has 1 aliphatic rings. The van der Waals surface area contributed by atoms with Crippen LogP contribution in [0.15, 0.2) is 65.8 Å². The van der Waals surface area contributed by atoms with Crippen LogP contribution in [0.5, 0.6) is 0 Å². The monoisotopic (exact) mass is 321 g/mol. The molecule has 1 aliphatic heterocycles. The number of amides is 2. The molecule has 122 valence electrons. The van der Waals surface area contributed by atoms with E-state index < -0.39 is 0 Å². The van der Waals surface area contributed by atoms with Crippen molar-refractivity contribution in [3.8, 4) is 0 Å². The number of anilines is 1. The maximum absolute atomic E-state index is 12.2. The van der Waals surface area contributed by atoms with Crippen LogP contribution in [0.1, 0.15) is 24.8 Å². The van der Waals surface area contributed by atoms with Crippen LogP contribution in [0.25, 0.3) is 0 Å². The van der Waals surface area contributed by atoms with Crippen LogP contribution in [0.4, 0.5) is 5.69 Å². The van der Waals surface area contributed by atoms with Gasteiger partial charge in [-0.25, -0.2) is 5.01 Å². The Morgan fingerprint density at radius 3 is 2.33 bits per heavy atom. The van der Waals surface area contributed by atoms with E-state index in [-0.39, 0.29) is 24.7 Å². The molecule has 0 aliphatic carbocycles. The lowest BCUT2D eigenvalue weighted by molar-refractivity contribution is -0.132. The van der Waals surface area contributed by atoms with E-state index in [1.54, 1.807) is 0 Å². The van der Waals surface area contributed by atoms with Crippen molar-refractivity contribution in [2.24, 2.45) is 5.10 Å². The molecule has 0 radical (unpaired) electrons. The number of nitrogens with zero attached hydrogens (tertiary/aromatic N) is 2. The maximum atomic E-state index is 12.2. The average Bonchev–Trinajstić information content (AvgIpc) is 3.11. The van der Waals surface area contributed by atoms with Gasteiger partial charge in [-0.1, -0.05) is 48.5 Å². The Hall–Kier alpha value is -2.95. The van der Waals surface area contributed by atoms with Crippen molar-refractivity contribution in [1.29, 1.82) is 0 Å². The summed E-state index contributed by atoms with van der Waals surface area (Å²) in [5.74, 6) is -0.287. The molecule has 5 nitrogen and oxygen atoms in total. The molecule has 0 bridgehead atoms. The summed E-state index contributed by atoms with van der Waals surface area (Å²) >= 11 is 0. The quantitative estimate of drug-likeness (QED) is 0.920. The Morgan fingerprint density at radius 1 is 0.958 bits per heavy atom. The van der Waals surface area contributed by atoms with Crippen LogP contribution in [0.3, 0.4) is 0 Å². The molecular formula is C19H19N3O2. The van der Waals surface area contributed by atoms with Crippen LogP contribution >= 0.6 is 0 Å². The second-order valence-corrected chi connectivity index (χ2v) is 5.59. The van der Waals surface area contributed by atoms with Gasteiger partial charge in [-0.2, -0.15) is 5.10 Å². The Kier molecular flexibility index (Phi) is 5.01. The molecule has 0 saturated heterocycles. The highest BCUT2D eigenvalue weighted by Gasteiger charge is 2.21. The zero-order valence-corrected chi connectivity index (χ0v) is 13.3. The fourth-order valence-corrected chi connectivity index (χ4v) is 2.57. The molecule has 3 rings (SSSR count). The maximum Gasteiger partial charge on any atom is 0.243 e. The highest BCUT2D eigenvalue weighted by atomic mass is 16.2. The molecule has 0 aromatic heterocycles. The highest BCUT2D eigenvalue weighted by molar-refractivity contribution is 6.02. The van der Waals surface area contributed by atoms with E-state index in [4.69, 9.17) is 0 Å². The van der Waals surface area contributed by atoms with Crippen LogP contribution in [0, 0.1) is 0 Å². The number of benzene rings is 2. The number of carbonyl (C=O) groups excluding carboxylic acids is 2. The molecule has 0 saturated carbocycles. The number of hydrazone groups is 1. The third kappa shape index (κ3) is 4.07. The van der Waals surface area contributed by atoms with E-state index in [1.807, 2.05) is 60.7 Å². The topological polar surface area (TPSA) is 61.8 Å². The van der Waals surface area contributed by atoms with Crippen LogP contribution in [-0.2, 0) is 9.59 Å². The lowest BCUT2D eigenvalue weighted by atomic mass is 10.1. The van der Waals surface area contributed by atoms with Gasteiger partial charge in [0.15, 0.2) is 0 Å². The zero-order chi connectivity index (χ0) is 16.8. The van der Waals surface area contributed by atoms with Crippen LogP contribution in [-0.4, -0.2) is 29.1 Å². The van der Waals surface area contributed by atoms with Crippen molar-refractivity contribution < 1.29 is 9.59 Å². The van der Waals surface area contributed by atoms with Gasteiger partial charge in [0.05, 0.1) is 12.3 Å². The number of carbonyl (C=O) groups is 2. The van der Waals surface area contributed by atoms with Crippen molar-refractivity contribution in [2.45, 2.75) is 19.3 Å². The average molecular weight is 321 g/mol. The Labute approximate surface area is 141 Å². The molecular weight excluding hydrogens is 302 g/mol. The van der Waals surface area contributed by atoms with Gasteiger partial charge in [-0.05, 0) is 17.7 Å². The Bertz CT molecular complexity index is 742. The van der Waals surface area contributed by atoms with Crippen molar-refractivity contribution in [1.82, 2.24) is 5.01 Å². The standard InChI is InChI=1S/C19H19N3O2/c23-18(20-16-9-5-2-6-10-16)11-12-19(24)22-14-13-17(21-22)15-7-3-1-4-8-15/h1-10H,11-14H2,(H,20,23). The zero-order valence-electron chi connectivity index (χ0n) is 13.3. The first-order valence-corrected chi connectivity index (χ1v) is 8.00. The van der Waals surface area contributed by atoms with Crippen molar-refractivity contribution in [3.05, 3.63) is 66.2 Å². The van der Waals surface area contributed by atoms with E-state index in [1.165, 1.54) is 5.01 Å². The highest BCUT2D eigenvalue weighted by Crippen LogP contribution is 2.15. The lowest BCUT2D eigenvalue weighted by Gasteiger charge is -2.11. The van der Waals surface area contributed by atoms with Crippen molar-refractivity contribution in [3.63, 3.8) is 0 Å². The molecule has 0 fully saturated rings. The van der Waals surface area contributed by atoms with Gasteiger partial charge in [0, 0.05) is 24.9 Å². The smallest absolute Gasteiger partial charge is 0.243 e. The second kappa shape index (κ2) is 7.55. The summed E-state index contributed by atoms with van der Waals surface area (Å²) in [6.07, 6.45) is 1.05. The number of hydrogen-bond donors (Lipinski definition) is 1. The minimum absolute atomic E-state index is 0.121. The summed E-state index contributed by atoms with van der Waals surface area (Å²) in [6.45, 7) is 0.573. The van der Waals surface area contributed by atoms with Gasteiger partial charge in [-0.3, -0.25) is 9.59 Å². The SMILES string of the molecule is O=C(CCC(=O)N1CCC(c2ccccc2)=N1)Nc1ccccc1. The van der Waals surface area contributed by atoms with Gasteiger partial charge in [0.1, 0.15) is 0 Å². The van der Waals surface area contributed by atoms with E-state index in [0.717, 1.165) is 23.4 Å². The van der Waals surface area contributed by atoms with Crippen molar-refractivity contribution in [2.75, 3.05) is 11.9 Å². The van der Waals surface area contributed by atoms with Crippen LogP contribution in [0.2, 0.25) is 0 Å². The summed E-state index contributed by atoms with van der Waals surface area (Å²) in [5.41, 5.74) is 2.69. The molecule has 1 N–H and O–H groups in total. The number of para-hydroxylation sites is 1. The molecule has 0 atom stereocenters. The first-order chi connectivity index (χ1) is 11.7. The minimum Gasteiger partial charge on any atom is -0.326 e. The molecule has 2 aromatic rings. The summed E-state index contributed by atoms with van der Waals surface area (Å²) in [7, 11) is 0. The fourth-order valence-electron chi connectivity index (χ4n) is 2.57.